The molecule has 0 saturated heterocycles. The van der Waals surface area contributed by atoms with Gasteiger partial charge in [0.2, 0.25) is 0 Å². The van der Waals surface area contributed by atoms with Gasteiger partial charge in [0.15, 0.2) is 0 Å². The van der Waals surface area contributed by atoms with Crippen molar-refractivity contribution in [1.82, 2.24) is 9.78 Å². The van der Waals surface area contributed by atoms with Crippen LogP contribution in [0.1, 0.15) is 0 Å². The molecule has 4 aromatic rings. The number of anilines is 1. The monoisotopic (exact) mass is 337 g/mol. The number of fused-ring (bicyclic) bond motifs is 2. The summed E-state index contributed by atoms with van der Waals surface area (Å²) in [5, 5.41) is 6.65. The average molecular weight is 337 g/mol. The van der Waals surface area contributed by atoms with E-state index in [2.05, 4.69) is 9.82 Å². The van der Waals surface area contributed by atoms with Gasteiger partial charge in [-0.25, -0.2) is 8.42 Å². The van der Waals surface area contributed by atoms with Crippen molar-refractivity contribution in [3.05, 3.63) is 66.9 Å². The van der Waals surface area contributed by atoms with Crippen LogP contribution in [0.2, 0.25) is 0 Å². The lowest BCUT2D eigenvalue weighted by molar-refractivity contribution is 0.602. The van der Waals surface area contributed by atoms with Crippen molar-refractivity contribution in [2.24, 2.45) is 7.05 Å². The molecule has 0 aliphatic rings. The Balaban J connectivity index is 1.78. The fourth-order valence-electron chi connectivity index (χ4n) is 2.87. The Hall–Kier alpha value is -2.86. The molecule has 120 valence electrons. The van der Waals surface area contributed by atoms with E-state index in [1.807, 2.05) is 43.4 Å². The number of hydrogen-bond donors (Lipinski definition) is 1. The lowest BCUT2D eigenvalue weighted by Gasteiger charge is -2.11. The molecular formula is C18H15N3O2S. The molecule has 5 nitrogen and oxygen atoms in total. The molecule has 0 atom stereocenters. The Morgan fingerprint density at radius 2 is 1.75 bits per heavy atom. The van der Waals surface area contributed by atoms with E-state index in [9.17, 15) is 8.42 Å². The lowest BCUT2D eigenvalue weighted by atomic mass is 10.1. The maximum Gasteiger partial charge on any atom is 0.262 e. The third kappa shape index (κ3) is 2.41. The van der Waals surface area contributed by atoms with Gasteiger partial charge in [-0.1, -0.05) is 36.4 Å². The minimum Gasteiger partial charge on any atom is -0.280 e. The first-order valence-corrected chi connectivity index (χ1v) is 8.95. The summed E-state index contributed by atoms with van der Waals surface area (Å²) >= 11 is 0. The van der Waals surface area contributed by atoms with Crippen LogP contribution >= 0.6 is 0 Å². The predicted octanol–water partition coefficient (Wildman–Crippen LogP) is 3.53. The predicted molar refractivity (Wildman–Crippen MR) is 95.5 cm³/mol. The molecule has 0 amide bonds. The van der Waals surface area contributed by atoms with Crippen molar-refractivity contribution in [1.29, 1.82) is 0 Å². The number of hydrogen-bond acceptors (Lipinski definition) is 3. The van der Waals surface area contributed by atoms with Crippen molar-refractivity contribution in [3.63, 3.8) is 0 Å². The molecule has 24 heavy (non-hydrogen) atoms. The maximum absolute atomic E-state index is 12.8. The number of nitrogens with zero attached hydrogens (tertiary/aromatic N) is 2. The van der Waals surface area contributed by atoms with Gasteiger partial charge in [0, 0.05) is 23.5 Å². The Bertz CT molecular complexity index is 1160. The fourth-order valence-corrected chi connectivity index (χ4v) is 4.15. The zero-order valence-corrected chi connectivity index (χ0v) is 13.8. The number of benzene rings is 3. The van der Waals surface area contributed by atoms with Crippen molar-refractivity contribution >= 4 is 37.4 Å². The molecule has 1 aromatic heterocycles. The highest BCUT2D eigenvalue weighted by Gasteiger charge is 2.17. The molecule has 0 bridgehead atoms. The van der Waals surface area contributed by atoms with Crippen molar-refractivity contribution < 1.29 is 8.42 Å². The molecule has 1 N–H and O–H groups in total. The van der Waals surface area contributed by atoms with Gasteiger partial charge in [-0.15, -0.1) is 0 Å². The topological polar surface area (TPSA) is 64.0 Å². The average Bonchev–Trinajstić information content (AvgIpc) is 2.94. The zero-order chi connectivity index (χ0) is 16.7. The number of sulfonamides is 1. The van der Waals surface area contributed by atoms with Gasteiger partial charge < -0.3 is 0 Å². The summed E-state index contributed by atoms with van der Waals surface area (Å²) in [6.07, 6.45) is 1.71. The third-order valence-electron chi connectivity index (χ3n) is 4.04. The first-order chi connectivity index (χ1) is 11.5. The van der Waals surface area contributed by atoms with Crippen molar-refractivity contribution in [3.8, 4) is 0 Å². The molecule has 0 spiro atoms. The first-order valence-electron chi connectivity index (χ1n) is 7.47. The Kier molecular flexibility index (Phi) is 3.28. The number of aromatic nitrogens is 2. The third-order valence-corrected chi connectivity index (χ3v) is 5.48. The molecular weight excluding hydrogens is 322 g/mol. The summed E-state index contributed by atoms with van der Waals surface area (Å²) in [6.45, 7) is 0. The quantitative estimate of drug-likeness (QED) is 0.622. The summed E-state index contributed by atoms with van der Waals surface area (Å²) < 4.78 is 30.1. The fraction of sp³-hybridized carbons (Fsp3) is 0.0556. The number of nitrogens with one attached hydrogen (secondary N) is 1. The van der Waals surface area contributed by atoms with E-state index < -0.39 is 10.0 Å². The molecule has 1 heterocycles. The Morgan fingerprint density at radius 3 is 2.62 bits per heavy atom. The summed E-state index contributed by atoms with van der Waals surface area (Å²) in [6, 6.07) is 18.1. The second-order valence-electron chi connectivity index (χ2n) is 5.62. The van der Waals surface area contributed by atoms with E-state index in [1.54, 1.807) is 35.1 Å². The molecule has 6 heteroatoms. The number of rotatable bonds is 3. The van der Waals surface area contributed by atoms with E-state index >= 15 is 0 Å². The van der Waals surface area contributed by atoms with Gasteiger partial charge >= 0.3 is 0 Å². The van der Waals surface area contributed by atoms with Crippen LogP contribution in [0.4, 0.5) is 5.69 Å². The van der Waals surface area contributed by atoms with E-state index in [0.717, 1.165) is 16.3 Å². The Morgan fingerprint density at radius 1 is 0.958 bits per heavy atom. The standard InChI is InChI=1S/C18H15N3O2S/c1-21-17-10-9-15(11-14(17)12-19-21)20-24(22,23)18-8-4-6-13-5-2-3-7-16(13)18/h2-12,20H,1H3. The lowest BCUT2D eigenvalue weighted by Crippen LogP contribution is -2.13. The van der Waals surface area contributed by atoms with Gasteiger partial charge in [0.25, 0.3) is 10.0 Å². The van der Waals surface area contributed by atoms with Gasteiger partial charge in [-0.2, -0.15) is 5.10 Å². The summed E-state index contributed by atoms with van der Waals surface area (Å²) in [4.78, 5) is 0.270. The van der Waals surface area contributed by atoms with Crippen molar-refractivity contribution in [2.75, 3.05) is 4.72 Å². The molecule has 0 aliphatic carbocycles. The number of aryl methyl sites for hydroxylation is 1. The van der Waals surface area contributed by atoms with Crippen LogP contribution in [0.15, 0.2) is 71.8 Å². The summed E-state index contributed by atoms with van der Waals surface area (Å²) in [7, 11) is -1.83. The van der Waals surface area contributed by atoms with Gasteiger partial charge in [-0.05, 0) is 29.7 Å². The Labute approximate surface area is 139 Å². The second kappa shape index (κ2) is 5.35. The first kappa shape index (κ1) is 14.7. The highest BCUT2D eigenvalue weighted by atomic mass is 32.2. The minimum absolute atomic E-state index is 0.270. The summed E-state index contributed by atoms with van der Waals surface area (Å²) in [5.74, 6) is 0. The highest BCUT2D eigenvalue weighted by molar-refractivity contribution is 7.93. The molecule has 0 aliphatic heterocycles. The van der Waals surface area contributed by atoms with E-state index in [0.29, 0.717) is 11.1 Å². The minimum atomic E-state index is -3.68. The van der Waals surface area contributed by atoms with E-state index in [4.69, 9.17) is 0 Å². The van der Waals surface area contributed by atoms with Crippen LogP contribution in [0.5, 0.6) is 0 Å². The molecule has 0 radical (unpaired) electrons. The van der Waals surface area contributed by atoms with E-state index in [1.165, 1.54) is 0 Å². The van der Waals surface area contributed by atoms with Crippen LogP contribution in [-0.4, -0.2) is 18.2 Å². The van der Waals surface area contributed by atoms with Crippen LogP contribution in [0.3, 0.4) is 0 Å². The smallest absolute Gasteiger partial charge is 0.262 e. The van der Waals surface area contributed by atoms with Crippen LogP contribution in [0, 0.1) is 0 Å². The highest BCUT2D eigenvalue weighted by Crippen LogP contribution is 2.26. The van der Waals surface area contributed by atoms with Gasteiger partial charge in [0.1, 0.15) is 0 Å². The SMILES string of the molecule is Cn1ncc2cc(NS(=O)(=O)c3cccc4ccccc34)ccc21. The van der Waals surface area contributed by atoms with Gasteiger partial charge in [0.05, 0.1) is 16.6 Å². The second-order valence-corrected chi connectivity index (χ2v) is 7.28. The summed E-state index contributed by atoms with van der Waals surface area (Å²) in [5.41, 5.74) is 1.46. The largest absolute Gasteiger partial charge is 0.280 e. The molecule has 4 rings (SSSR count). The normalized spacial score (nSPS) is 11.9. The van der Waals surface area contributed by atoms with Gasteiger partial charge in [-0.3, -0.25) is 9.40 Å². The molecule has 0 saturated carbocycles. The molecule has 0 unspecified atom stereocenters. The van der Waals surface area contributed by atoms with Crippen LogP contribution in [-0.2, 0) is 17.1 Å². The molecule has 0 fully saturated rings. The van der Waals surface area contributed by atoms with Crippen LogP contribution in [0.25, 0.3) is 21.7 Å². The molecule has 3 aromatic carbocycles. The maximum atomic E-state index is 12.8. The van der Waals surface area contributed by atoms with Crippen LogP contribution < -0.4 is 4.72 Å². The van der Waals surface area contributed by atoms with Crippen molar-refractivity contribution in [2.45, 2.75) is 4.90 Å². The van der Waals surface area contributed by atoms with E-state index in [-0.39, 0.29) is 4.90 Å². The zero-order valence-electron chi connectivity index (χ0n) is 13.0.